The highest BCUT2D eigenvalue weighted by Crippen LogP contribution is 2.24. The van der Waals surface area contributed by atoms with E-state index in [1.165, 1.54) is 6.21 Å². The molecule has 0 aliphatic heterocycles. The lowest BCUT2D eigenvalue weighted by Crippen LogP contribution is -2.17. The maximum Gasteiger partial charge on any atom is 0.271 e. The number of carbonyl (C=O) groups excluding carboxylic acids is 1. The minimum atomic E-state index is -0.275. The predicted molar refractivity (Wildman–Crippen MR) is 90.7 cm³/mol. The molecular formula is C18H13ClN2O2. The number of carbonyl (C=O) groups is 1. The topological polar surface area (TPSA) is 54.6 Å². The van der Waals surface area contributed by atoms with Gasteiger partial charge in [0.05, 0.1) is 6.21 Å². The quantitative estimate of drug-likeness (QED) is 0.572. The molecule has 1 heterocycles. The van der Waals surface area contributed by atoms with Crippen LogP contribution in [0.5, 0.6) is 0 Å². The molecule has 0 aliphatic carbocycles. The smallest absolute Gasteiger partial charge is 0.271 e. The van der Waals surface area contributed by atoms with E-state index in [1.54, 1.807) is 36.4 Å². The van der Waals surface area contributed by atoms with Gasteiger partial charge in [-0.3, -0.25) is 4.79 Å². The Morgan fingerprint density at radius 3 is 2.65 bits per heavy atom. The molecule has 3 aromatic rings. The lowest BCUT2D eigenvalue weighted by Gasteiger charge is -1.98. The van der Waals surface area contributed by atoms with Gasteiger partial charge in [0.15, 0.2) is 0 Å². The van der Waals surface area contributed by atoms with Crippen molar-refractivity contribution >= 4 is 23.7 Å². The van der Waals surface area contributed by atoms with Gasteiger partial charge in [-0.2, -0.15) is 5.10 Å². The number of rotatable bonds is 4. The Bertz CT molecular complexity index is 841. The summed E-state index contributed by atoms with van der Waals surface area (Å²) in [4.78, 5) is 11.8. The van der Waals surface area contributed by atoms with Crippen LogP contribution in [-0.2, 0) is 0 Å². The fraction of sp³-hybridized carbons (Fsp3) is 0. The van der Waals surface area contributed by atoms with E-state index in [4.69, 9.17) is 16.0 Å². The number of hydrogen-bond acceptors (Lipinski definition) is 3. The number of nitrogens with one attached hydrogen (secondary N) is 1. The molecule has 1 amide bonds. The van der Waals surface area contributed by atoms with Gasteiger partial charge >= 0.3 is 0 Å². The van der Waals surface area contributed by atoms with Gasteiger partial charge < -0.3 is 4.42 Å². The van der Waals surface area contributed by atoms with E-state index in [2.05, 4.69) is 10.5 Å². The van der Waals surface area contributed by atoms with Crippen molar-refractivity contribution in [3.8, 4) is 11.3 Å². The summed E-state index contributed by atoms with van der Waals surface area (Å²) in [6.45, 7) is 0. The van der Waals surface area contributed by atoms with Crippen LogP contribution >= 0.6 is 11.6 Å². The first-order chi connectivity index (χ1) is 11.2. The van der Waals surface area contributed by atoms with Gasteiger partial charge in [-0.15, -0.1) is 0 Å². The molecule has 0 bridgehead atoms. The van der Waals surface area contributed by atoms with E-state index in [0.29, 0.717) is 22.1 Å². The van der Waals surface area contributed by atoms with Crippen molar-refractivity contribution in [3.63, 3.8) is 0 Å². The molecule has 2 aromatic carbocycles. The molecule has 1 N–H and O–H groups in total. The number of furan rings is 1. The van der Waals surface area contributed by atoms with Crippen molar-refractivity contribution in [1.82, 2.24) is 5.43 Å². The van der Waals surface area contributed by atoms with Crippen molar-refractivity contribution in [2.75, 3.05) is 0 Å². The second-order valence-electron chi connectivity index (χ2n) is 4.78. The van der Waals surface area contributed by atoms with Crippen molar-refractivity contribution in [2.45, 2.75) is 0 Å². The minimum Gasteiger partial charge on any atom is -0.455 e. The van der Waals surface area contributed by atoms with Crippen LogP contribution in [0.4, 0.5) is 0 Å². The normalized spacial score (nSPS) is 10.8. The SMILES string of the molecule is O=C(N/N=C\c1ccc(-c2cccc(Cl)c2)o1)c1ccccc1. The summed E-state index contributed by atoms with van der Waals surface area (Å²) in [6, 6.07) is 19.8. The third kappa shape index (κ3) is 3.87. The zero-order valence-electron chi connectivity index (χ0n) is 12.1. The number of halogens is 1. The summed E-state index contributed by atoms with van der Waals surface area (Å²) < 4.78 is 5.65. The third-order valence-electron chi connectivity index (χ3n) is 3.13. The first kappa shape index (κ1) is 15.1. The monoisotopic (exact) mass is 324 g/mol. The number of hydrazone groups is 1. The molecule has 0 atom stereocenters. The first-order valence-corrected chi connectivity index (χ1v) is 7.34. The van der Waals surface area contributed by atoms with Crippen LogP contribution in [0.1, 0.15) is 16.1 Å². The molecule has 0 fully saturated rings. The Labute approximate surface area is 138 Å². The standard InChI is InChI=1S/C18H13ClN2O2/c19-15-8-4-7-14(11-15)17-10-9-16(23-17)12-20-21-18(22)13-5-2-1-3-6-13/h1-12H,(H,21,22)/b20-12-. The highest BCUT2D eigenvalue weighted by molar-refractivity contribution is 6.30. The van der Waals surface area contributed by atoms with Gasteiger partial charge in [0.2, 0.25) is 0 Å². The van der Waals surface area contributed by atoms with E-state index < -0.39 is 0 Å². The largest absolute Gasteiger partial charge is 0.455 e. The maximum atomic E-state index is 11.8. The average molecular weight is 325 g/mol. The zero-order valence-corrected chi connectivity index (χ0v) is 12.8. The van der Waals surface area contributed by atoms with Gasteiger partial charge in [-0.05, 0) is 36.4 Å². The molecule has 0 radical (unpaired) electrons. The Morgan fingerprint density at radius 1 is 1.04 bits per heavy atom. The second-order valence-corrected chi connectivity index (χ2v) is 5.21. The van der Waals surface area contributed by atoms with Crippen LogP contribution in [-0.4, -0.2) is 12.1 Å². The van der Waals surface area contributed by atoms with Gasteiger partial charge in [-0.25, -0.2) is 5.43 Å². The van der Waals surface area contributed by atoms with Gasteiger partial charge in [0, 0.05) is 16.1 Å². The molecule has 0 spiro atoms. The fourth-order valence-electron chi connectivity index (χ4n) is 2.03. The van der Waals surface area contributed by atoms with E-state index >= 15 is 0 Å². The highest BCUT2D eigenvalue weighted by atomic mass is 35.5. The van der Waals surface area contributed by atoms with Gasteiger partial charge in [0.1, 0.15) is 11.5 Å². The average Bonchev–Trinajstić information content (AvgIpc) is 3.04. The summed E-state index contributed by atoms with van der Waals surface area (Å²) in [5.41, 5.74) is 3.88. The Hall–Kier alpha value is -2.85. The summed E-state index contributed by atoms with van der Waals surface area (Å²) in [7, 11) is 0. The van der Waals surface area contributed by atoms with Crippen molar-refractivity contribution in [2.24, 2.45) is 5.10 Å². The molecule has 4 nitrogen and oxygen atoms in total. The molecule has 3 rings (SSSR count). The summed E-state index contributed by atoms with van der Waals surface area (Å²) in [5, 5.41) is 4.54. The molecule has 1 aromatic heterocycles. The number of amides is 1. The zero-order chi connectivity index (χ0) is 16.1. The van der Waals surface area contributed by atoms with E-state index in [1.807, 2.05) is 30.3 Å². The first-order valence-electron chi connectivity index (χ1n) is 6.96. The van der Waals surface area contributed by atoms with E-state index in [0.717, 1.165) is 5.56 Å². The lowest BCUT2D eigenvalue weighted by atomic mass is 10.2. The highest BCUT2D eigenvalue weighted by Gasteiger charge is 2.05. The van der Waals surface area contributed by atoms with Gasteiger partial charge in [0.25, 0.3) is 5.91 Å². The predicted octanol–water partition coefficient (Wildman–Crippen LogP) is 4.36. The van der Waals surface area contributed by atoms with E-state index in [9.17, 15) is 4.79 Å². The third-order valence-corrected chi connectivity index (χ3v) is 3.36. The van der Waals surface area contributed by atoms with Crippen LogP contribution < -0.4 is 5.43 Å². The molecule has 0 unspecified atom stereocenters. The van der Waals surface area contributed by atoms with Crippen LogP contribution in [0.2, 0.25) is 5.02 Å². The lowest BCUT2D eigenvalue weighted by molar-refractivity contribution is 0.0955. The Morgan fingerprint density at radius 2 is 1.87 bits per heavy atom. The summed E-state index contributed by atoms with van der Waals surface area (Å²) in [6.07, 6.45) is 1.45. The minimum absolute atomic E-state index is 0.275. The number of hydrogen-bond donors (Lipinski definition) is 1. The summed E-state index contributed by atoms with van der Waals surface area (Å²) in [5.74, 6) is 0.945. The van der Waals surface area contributed by atoms with Crippen LogP contribution in [0, 0.1) is 0 Å². The van der Waals surface area contributed by atoms with Crippen LogP contribution in [0.3, 0.4) is 0 Å². The Balaban J connectivity index is 1.66. The van der Waals surface area contributed by atoms with Crippen LogP contribution in [0.25, 0.3) is 11.3 Å². The molecule has 0 saturated carbocycles. The van der Waals surface area contributed by atoms with Gasteiger partial charge in [-0.1, -0.05) is 41.9 Å². The fourth-order valence-corrected chi connectivity index (χ4v) is 2.22. The molecular weight excluding hydrogens is 312 g/mol. The summed E-state index contributed by atoms with van der Waals surface area (Å²) >= 11 is 5.96. The second kappa shape index (κ2) is 6.94. The van der Waals surface area contributed by atoms with Crippen molar-refractivity contribution in [3.05, 3.63) is 83.1 Å². The van der Waals surface area contributed by atoms with E-state index in [-0.39, 0.29) is 5.91 Å². The molecule has 0 aliphatic rings. The number of nitrogens with zero attached hydrogens (tertiary/aromatic N) is 1. The van der Waals surface area contributed by atoms with Crippen molar-refractivity contribution in [1.29, 1.82) is 0 Å². The van der Waals surface area contributed by atoms with Crippen LogP contribution in [0.15, 0.2) is 76.2 Å². The van der Waals surface area contributed by atoms with Crippen molar-refractivity contribution < 1.29 is 9.21 Å². The molecule has 114 valence electrons. The molecule has 23 heavy (non-hydrogen) atoms. The Kier molecular flexibility index (Phi) is 4.54. The molecule has 0 saturated heterocycles. The number of benzene rings is 2. The maximum absolute atomic E-state index is 11.8. The molecule has 5 heteroatoms.